The van der Waals surface area contributed by atoms with E-state index in [-0.39, 0.29) is 12.1 Å². The third-order valence-corrected chi connectivity index (χ3v) is 3.15. The molecule has 2 amide bonds. The molecule has 88 valence electrons. The summed E-state index contributed by atoms with van der Waals surface area (Å²) in [6, 6.07) is 0.270. The van der Waals surface area contributed by atoms with Crippen LogP contribution in [-0.4, -0.2) is 43.8 Å². The summed E-state index contributed by atoms with van der Waals surface area (Å²) >= 11 is 0. The largest absolute Gasteiger partial charge is 0.381 e. The Morgan fingerprint density at radius 3 is 2.67 bits per heavy atom. The number of carbonyl (C=O) groups is 1. The number of rotatable bonds is 3. The maximum atomic E-state index is 11.6. The van der Waals surface area contributed by atoms with Gasteiger partial charge in [-0.25, -0.2) is 4.79 Å². The van der Waals surface area contributed by atoms with Crippen molar-refractivity contribution in [1.82, 2.24) is 10.2 Å². The van der Waals surface area contributed by atoms with Crippen molar-refractivity contribution in [3.63, 3.8) is 0 Å². The number of carbonyl (C=O) groups excluding carboxylic acids is 1. The molecule has 1 atom stereocenters. The van der Waals surface area contributed by atoms with Crippen LogP contribution in [0.3, 0.4) is 0 Å². The molecule has 0 radical (unpaired) electrons. The summed E-state index contributed by atoms with van der Waals surface area (Å²) in [4.78, 5) is 13.3. The van der Waals surface area contributed by atoms with Crippen LogP contribution < -0.4 is 5.32 Å². The first kappa shape index (κ1) is 12.3. The Hall–Kier alpha value is -0.770. The summed E-state index contributed by atoms with van der Waals surface area (Å²) in [5.41, 5.74) is 0. The first-order chi connectivity index (χ1) is 7.15. The van der Waals surface area contributed by atoms with E-state index in [9.17, 15) is 4.79 Å². The summed E-state index contributed by atoms with van der Waals surface area (Å²) in [5.74, 6) is 0.563. The highest BCUT2D eigenvalue weighted by Crippen LogP contribution is 2.18. The van der Waals surface area contributed by atoms with Gasteiger partial charge in [-0.15, -0.1) is 0 Å². The van der Waals surface area contributed by atoms with E-state index < -0.39 is 0 Å². The minimum atomic E-state index is 0.0245. The molecular weight excluding hydrogens is 192 g/mol. The van der Waals surface area contributed by atoms with Gasteiger partial charge < -0.3 is 15.0 Å². The Balaban J connectivity index is 2.33. The van der Waals surface area contributed by atoms with Gasteiger partial charge in [0.25, 0.3) is 0 Å². The van der Waals surface area contributed by atoms with Crippen LogP contribution in [0.5, 0.6) is 0 Å². The van der Waals surface area contributed by atoms with Crippen molar-refractivity contribution >= 4 is 6.03 Å². The minimum Gasteiger partial charge on any atom is -0.381 e. The van der Waals surface area contributed by atoms with E-state index in [1.54, 1.807) is 4.90 Å². The predicted octanol–water partition coefficient (Wildman–Crippen LogP) is 1.46. The standard InChI is InChI=1S/C11H22N2O2/c1-4-13(3)11(14)12-9(2)10-5-7-15-8-6-10/h9-10H,4-8H2,1-3H3,(H,12,14). The van der Waals surface area contributed by atoms with Gasteiger partial charge in [0.2, 0.25) is 0 Å². The fourth-order valence-electron chi connectivity index (χ4n) is 1.78. The van der Waals surface area contributed by atoms with Crippen molar-refractivity contribution in [2.45, 2.75) is 32.7 Å². The zero-order chi connectivity index (χ0) is 11.3. The van der Waals surface area contributed by atoms with Crippen LogP contribution in [-0.2, 0) is 4.74 Å². The van der Waals surface area contributed by atoms with Crippen LogP contribution in [0, 0.1) is 5.92 Å². The highest BCUT2D eigenvalue weighted by molar-refractivity contribution is 5.74. The molecule has 15 heavy (non-hydrogen) atoms. The Morgan fingerprint density at radius 1 is 1.53 bits per heavy atom. The second-order valence-corrected chi connectivity index (χ2v) is 4.20. The van der Waals surface area contributed by atoms with Gasteiger partial charge in [0, 0.05) is 32.8 Å². The number of hydrogen-bond acceptors (Lipinski definition) is 2. The van der Waals surface area contributed by atoms with Gasteiger partial charge in [-0.1, -0.05) is 0 Å². The summed E-state index contributed by atoms with van der Waals surface area (Å²) in [7, 11) is 1.81. The molecule has 0 aromatic rings. The molecule has 1 aliphatic heterocycles. The molecule has 1 N–H and O–H groups in total. The lowest BCUT2D eigenvalue weighted by Gasteiger charge is -2.29. The summed E-state index contributed by atoms with van der Waals surface area (Å²) < 4.78 is 5.30. The zero-order valence-electron chi connectivity index (χ0n) is 9.95. The van der Waals surface area contributed by atoms with Crippen molar-refractivity contribution in [2.24, 2.45) is 5.92 Å². The maximum Gasteiger partial charge on any atom is 0.317 e. The number of ether oxygens (including phenoxy) is 1. The quantitative estimate of drug-likeness (QED) is 0.773. The predicted molar refractivity (Wildman–Crippen MR) is 59.8 cm³/mol. The van der Waals surface area contributed by atoms with Crippen molar-refractivity contribution < 1.29 is 9.53 Å². The van der Waals surface area contributed by atoms with Gasteiger partial charge in [0.1, 0.15) is 0 Å². The first-order valence-corrected chi connectivity index (χ1v) is 5.74. The van der Waals surface area contributed by atoms with Crippen LogP contribution in [0.15, 0.2) is 0 Å². The van der Waals surface area contributed by atoms with Gasteiger partial charge in [-0.3, -0.25) is 0 Å². The molecule has 1 heterocycles. The Kier molecular flexibility index (Phi) is 4.88. The van der Waals surface area contributed by atoms with Crippen molar-refractivity contribution in [3.8, 4) is 0 Å². The maximum absolute atomic E-state index is 11.6. The van der Waals surface area contributed by atoms with Gasteiger partial charge in [0.05, 0.1) is 0 Å². The average molecular weight is 214 g/mol. The molecule has 1 fully saturated rings. The number of hydrogen-bond donors (Lipinski definition) is 1. The highest BCUT2D eigenvalue weighted by Gasteiger charge is 2.22. The van der Waals surface area contributed by atoms with Gasteiger partial charge in [-0.05, 0) is 32.6 Å². The molecule has 0 aliphatic carbocycles. The molecule has 4 nitrogen and oxygen atoms in total. The van der Waals surface area contributed by atoms with Gasteiger partial charge in [0.15, 0.2) is 0 Å². The normalized spacial score (nSPS) is 19.7. The van der Waals surface area contributed by atoms with E-state index in [1.165, 1.54) is 0 Å². The smallest absolute Gasteiger partial charge is 0.317 e. The van der Waals surface area contributed by atoms with E-state index in [2.05, 4.69) is 12.2 Å². The Morgan fingerprint density at radius 2 is 2.13 bits per heavy atom. The van der Waals surface area contributed by atoms with Gasteiger partial charge >= 0.3 is 6.03 Å². The molecule has 4 heteroatoms. The average Bonchev–Trinajstić information content (AvgIpc) is 2.29. The van der Waals surface area contributed by atoms with Crippen LogP contribution in [0.25, 0.3) is 0 Å². The third-order valence-electron chi connectivity index (χ3n) is 3.15. The van der Waals surface area contributed by atoms with E-state index in [4.69, 9.17) is 4.74 Å². The summed E-state index contributed by atoms with van der Waals surface area (Å²) in [5, 5.41) is 3.03. The molecule has 1 saturated heterocycles. The topological polar surface area (TPSA) is 41.6 Å². The van der Waals surface area contributed by atoms with E-state index in [0.29, 0.717) is 5.92 Å². The lowest BCUT2D eigenvalue weighted by Crippen LogP contribution is -2.45. The Bertz CT molecular complexity index is 203. The fourth-order valence-corrected chi connectivity index (χ4v) is 1.78. The summed E-state index contributed by atoms with van der Waals surface area (Å²) in [6.45, 7) is 6.45. The molecule has 1 rings (SSSR count). The van der Waals surface area contributed by atoms with Crippen molar-refractivity contribution in [3.05, 3.63) is 0 Å². The molecular formula is C11H22N2O2. The highest BCUT2D eigenvalue weighted by atomic mass is 16.5. The molecule has 0 bridgehead atoms. The van der Waals surface area contributed by atoms with Crippen molar-refractivity contribution in [2.75, 3.05) is 26.8 Å². The lowest BCUT2D eigenvalue weighted by molar-refractivity contribution is 0.0564. The first-order valence-electron chi connectivity index (χ1n) is 5.74. The molecule has 0 aromatic carbocycles. The number of nitrogens with one attached hydrogen (secondary N) is 1. The van der Waals surface area contributed by atoms with E-state index in [0.717, 1.165) is 32.6 Å². The van der Waals surface area contributed by atoms with Crippen LogP contribution in [0.1, 0.15) is 26.7 Å². The van der Waals surface area contributed by atoms with Crippen molar-refractivity contribution in [1.29, 1.82) is 0 Å². The molecule has 0 saturated carbocycles. The fraction of sp³-hybridized carbons (Fsp3) is 0.909. The number of nitrogens with zero attached hydrogens (tertiary/aromatic N) is 1. The molecule has 0 spiro atoms. The number of amides is 2. The van der Waals surface area contributed by atoms with E-state index in [1.807, 2.05) is 14.0 Å². The molecule has 1 aliphatic rings. The van der Waals surface area contributed by atoms with Crippen LogP contribution in [0.2, 0.25) is 0 Å². The Labute approximate surface area is 92.0 Å². The summed E-state index contributed by atoms with van der Waals surface area (Å²) in [6.07, 6.45) is 2.11. The van der Waals surface area contributed by atoms with Gasteiger partial charge in [-0.2, -0.15) is 0 Å². The zero-order valence-corrected chi connectivity index (χ0v) is 9.95. The SMILES string of the molecule is CCN(C)C(=O)NC(C)C1CCOCC1. The molecule has 0 aromatic heterocycles. The number of urea groups is 1. The lowest BCUT2D eigenvalue weighted by atomic mass is 9.93. The third kappa shape index (κ3) is 3.70. The van der Waals surface area contributed by atoms with E-state index >= 15 is 0 Å². The second kappa shape index (κ2) is 5.95. The van der Waals surface area contributed by atoms with Crippen LogP contribution >= 0.6 is 0 Å². The van der Waals surface area contributed by atoms with Crippen LogP contribution in [0.4, 0.5) is 4.79 Å². The molecule has 1 unspecified atom stereocenters. The minimum absolute atomic E-state index is 0.0245. The monoisotopic (exact) mass is 214 g/mol. The second-order valence-electron chi connectivity index (χ2n) is 4.20.